The van der Waals surface area contributed by atoms with E-state index in [2.05, 4.69) is 4.74 Å². The fourth-order valence-corrected chi connectivity index (χ4v) is 2.93. The zero-order valence-electron chi connectivity index (χ0n) is 15.4. The van der Waals surface area contributed by atoms with Crippen molar-refractivity contribution >= 4 is 23.5 Å². The number of rotatable bonds is 13. The molecule has 0 spiro atoms. The first-order valence-electron chi connectivity index (χ1n) is 8.99. The van der Waals surface area contributed by atoms with Crippen molar-refractivity contribution in [1.82, 2.24) is 0 Å². The molecular weight excluding hydrogens is 344 g/mol. The number of unbranched alkanes of at least 4 members (excludes halogenated alkanes) is 5. The number of aliphatic hydroxyl groups is 2. The molecule has 1 rings (SSSR count). The van der Waals surface area contributed by atoms with Crippen molar-refractivity contribution in [2.75, 3.05) is 6.61 Å². The van der Waals surface area contributed by atoms with Crippen molar-refractivity contribution in [3.8, 4) is 0 Å². The van der Waals surface area contributed by atoms with Gasteiger partial charge in [0.25, 0.3) is 0 Å². The maximum absolute atomic E-state index is 11.5. The van der Waals surface area contributed by atoms with Gasteiger partial charge in [-0.25, -0.2) is 4.79 Å². The number of aliphatic hydroxyl groups excluding tert-OH is 2. The topological polar surface area (TPSA) is 130 Å². The van der Waals surface area contributed by atoms with Gasteiger partial charge in [-0.2, -0.15) is 0 Å². The fraction of sp³-hybridized carbons (Fsp3) is 0.778. The van der Waals surface area contributed by atoms with E-state index in [0.29, 0.717) is 12.8 Å². The Labute approximate surface area is 152 Å². The van der Waals surface area contributed by atoms with Crippen LogP contribution in [0.4, 0.5) is 0 Å². The van der Waals surface area contributed by atoms with E-state index in [1.165, 1.54) is 13.8 Å². The SMILES string of the molecule is CC(=O)C1(C(C)=O)OC1CCCCCCCCC(=O)OC(=O)C(O)CO. The van der Waals surface area contributed by atoms with E-state index >= 15 is 0 Å². The number of carbonyl (C=O) groups is 4. The Morgan fingerprint density at radius 2 is 1.54 bits per heavy atom. The van der Waals surface area contributed by atoms with Crippen LogP contribution in [0.2, 0.25) is 0 Å². The van der Waals surface area contributed by atoms with Crippen molar-refractivity contribution in [1.29, 1.82) is 0 Å². The standard InChI is InChI=1S/C18H28O8/c1-12(20)18(13(2)21)15(26-18)9-7-5-3-4-6-8-10-16(23)25-17(24)14(22)11-19/h14-15,19,22H,3-11H2,1-2H3. The van der Waals surface area contributed by atoms with Crippen LogP contribution >= 0.6 is 0 Å². The zero-order valence-corrected chi connectivity index (χ0v) is 15.4. The Morgan fingerprint density at radius 1 is 1.00 bits per heavy atom. The molecule has 0 amide bonds. The summed E-state index contributed by atoms with van der Waals surface area (Å²) in [5.74, 6) is -2.30. The van der Waals surface area contributed by atoms with E-state index in [1.54, 1.807) is 0 Å². The van der Waals surface area contributed by atoms with Gasteiger partial charge < -0.3 is 19.7 Å². The third-order valence-electron chi connectivity index (χ3n) is 4.53. The molecule has 0 aromatic rings. The largest absolute Gasteiger partial charge is 0.393 e. The maximum atomic E-state index is 11.5. The van der Waals surface area contributed by atoms with E-state index in [0.717, 1.165) is 32.1 Å². The minimum atomic E-state index is -1.68. The molecule has 0 bridgehead atoms. The minimum Gasteiger partial charge on any atom is -0.393 e. The summed E-state index contributed by atoms with van der Waals surface area (Å²) >= 11 is 0. The summed E-state index contributed by atoms with van der Waals surface area (Å²) in [7, 11) is 0. The van der Waals surface area contributed by atoms with Gasteiger partial charge in [-0.3, -0.25) is 14.4 Å². The Morgan fingerprint density at radius 3 is 2.04 bits per heavy atom. The van der Waals surface area contributed by atoms with Crippen molar-refractivity contribution in [3.63, 3.8) is 0 Å². The average Bonchev–Trinajstić information content (AvgIpc) is 3.32. The maximum Gasteiger partial charge on any atom is 0.345 e. The summed E-state index contributed by atoms with van der Waals surface area (Å²) in [6.07, 6.45) is 3.84. The Balaban J connectivity index is 2.02. The molecule has 8 nitrogen and oxygen atoms in total. The molecule has 1 saturated heterocycles. The highest BCUT2D eigenvalue weighted by atomic mass is 16.6. The molecule has 0 aromatic carbocycles. The number of esters is 2. The molecule has 0 saturated carbocycles. The Bertz CT molecular complexity index is 513. The second-order valence-corrected chi connectivity index (χ2v) is 6.61. The van der Waals surface area contributed by atoms with Gasteiger partial charge in [0.15, 0.2) is 17.7 Å². The second kappa shape index (κ2) is 10.5. The average molecular weight is 372 g/mol. The highest BCUT2D eigenvalue weighted by Crippen LogP contribution is 2.41. The number of carbonyl (C=O) groups excluding carboxylic acids is 4. The van der Waals surface area contributed by atoms with E-state index in [-0.39, 0.29) is 24.1 Å². The van der Waals surface area contributed by atoms with E-state index in [1.807, 2.05) is 0 Å². The van der Waals surface area contributed by atoms with Gasteiger partial charge in [0.1, 0.15) is 6.10 Å². The quantitative estimate of drug-likeness (QED) is 0.210. The third kappa shape index (κ3) is 6.26. The first kappa shape index (κ1) is 22.4. The number of hydrogen-bond donors (Lipinski definition) is 2. The number of hydrogen-bond acceptors (Lipinski definition) is 8. The minimum absolute atomic E-state index is 0.0829. The van der Waals surface area contributed by atoms with Gasteiger partial charge in [-0.1, -0.05) is 32.1 Å². The van der Waals surface area contributed by atoms with Crippen LogP contribution in [0.25, 0.3) is 0 Å². The van der Waals surface area contributed by atoms with Crippen molar-refractivity contribution < 1.29 is 38.9 Å². The summed E-state index contributed by atoms with van der Waals surface area (Å²) in [5, 5.41) is 17.5. The third-order valence-corrected chi connectivity index (χ3v) is 4.53. The van der Waals surface area contributed by atoms with Crippen LogP contribution in [-0.4, -0.2) is 58.1 Å². The summed E-state index contributed by atoms with van der Waals surface area (Å²) in [4.78, 5) is 45.5. The molecule has 1 fully saturated rings. The van der Waals surface area contributed by atoms with Gasteiger partial charge >= 0.3 is 11.9 Å². The smallest absolute Gasteiger partial charge is 0.345 e. The van der Waals surface area contributed by atoms with Gasteiger partial charge in [-0.05, 0) is 26.7 Å². The molecule has 0 radical (unpaired) electrons. The van der Waals surface area contributed by atoms with Crippen LogP contribution < -0.4 is 0 Å². The first-order chi connectivity index (χ1) is 12.3. The van der Waals surface area contributed by atoms with E-state index in [4.69, 9.17) is 14.9 Å². The molecule has 0 aromatic heterocycles. The monoisotopic (exact) mass is 372 g/mol. The first-order valence-corrected chi connectivity index (χ1v) is 8.99. The van der Waals surface area contributed by atoms with Crippen molar-refractivity contribution in [2.45, 2.75) is 83.0 Å². The van der Waals surface area contributed by atoms with Crippen LogP contribution in [0.3, 0.4) is 0 Å². The molecule has 2 atom stereocenters. The van der Waals surface area contributed by atoms with Crippen molar-refractivity contribution in [3.05, 3.63) is 0 Å². The second-order valence-electron chi connectivity index (χ2n) is 6.61. The molecule has 26 heavy (non-hydrogen) atoms. The lowest BCUT2D eigenvalue weighted by molar-refractivity contribution is -0.167. The number of ether oxygens (including phenoxy) is 2. The van der Waals surface area contributed by atoms with E-state index in [9.17, 15) is 19.2 Å². The summed E-state index contributed by atoms with van der Waals surface area (Å²) in [6.45, 7) is 1.98. The van der Waals surface area contributed by atoms with Gasteiger partial charge in [0.05, 0.1) is 6.61 Å². The lowest BCUT2D eigenvalue weighted by Crippen LogP contribution is -2.33. The highest BCUT2D eigenvalue weighted by molar-refractivity contribution is 6.11. The predicted molar refractivity (Wildman–Crippen MR) is 90.1 cm³/mol. The molecule has 2 N–H and O–H groups in total. The molecule has 148 valence electrons. The van der Waals surface area contributed by atoms with Crippen LogP contribution in [0, 0.1) is 0 Å². The zero-order chi connectivity index (χ0) is 19.7. The predicted octanol–water partition coefficient (Wildman–Crippen LogP) is 0.846. The van der Waals surface area contributed by atoms with Crippen LogP contribution in [0.15, 0.2) is 0 Å². The number of epoxide rings is 1. The summed E-state index contributed by atoms with van der Waals surface area (Å²) in [6, 6.07) is 0. The van der Waals surface area contributed by atoms with Crippen LogP contribution in [-0.2, 0) is 28.7 Å². The fourth-order valence-electron chi connectivity index (χ4n) is 2.93. The molecule has 2 unspecified atom stereocenters. The molecule has 0 aliphatic carbocycles. The molecule has 1 aliphatic heterocycles. The van der Waals surface area contributed by atoms with Gasteiger partial charge in [0, 0.05) is 6.42 Å². The Hall–Kier alpha value is -1.64. The molecule has 8 heteroatoms. The van der Waals surface area contributed by atoms with Gasteiger partial charge in [0.2, 0.25) is 5.60 Å². The molecular formula is C18H28O8. The normalized spacial score (nSPS) is 18.8. The lowest BCUT2D eigenvalue weighted by atomic mass is 9.93. The van der Waals surface area contributed by atoms with Crippen LogP contribution in [0.5, 0.6) is 0 Å². The van der Waals surface area contributed by atoms with Crippen molar-refractivity contribution in [2.24, 2.45) is 0 Å². The van der Waals surface area contributed by atoms with Gasteiger partial charge in [-0.15, -0.1) is 0 Å². The lowest BCUT2D eigenvalue weighted by Gasteiger charge is -2.06. The summed E-state index contributed by atoms with van der Waals surface area (Å²) < 4.78 is 9.73. The highest BCUT2D eigenvalue weighted by Gasteiger charge is 2.63. The Kier molecular flexibility index (Phi) is 9.04. The number of ketones is 2. The molecule has 1 aliphatic rings. The number of Topliss-reactive ketones (excluding diaryl/α,β-unsaturated/α-hetero) is 2. The van der Waals surface area contributed by atoms with E-state index < -0.39 is 30.3 Å². The summed E-state index contributed by atoms with van der Waals surface area (Å²) in [5.41, 5.74) is -1.19. The molecule has 1 heterocycles. The van der Waals surface area contributed by atoms with Crippen LogP contribution in [0.1, 0.15) is 65.2 Å².